The molecule has 0 saturated heterocycles. The highest BCUT2D eigenvalue weighted by atomic mass is 16.5. The van der Waals surface area contributed by atoms with E-state index in [1.54, 1.807) is 0 Å². The van der Waals surface area contributed by atoms with Gasteiger partial charge in [0.05, 0.1) is 24.4 Å². The Morgan fingerprint density at radius 1 is 0.500 bits per heavy atom. The van der Waals surface area contributed by atoms with Gasteiger partial charge in [0.2, 0.25) is 0 Å². The second-order valence-electron chi connectivity index (χ2n) is 17.9. The monoisotopic (exact) mass is 618 g/mol. The maximum Gasteiger partial charge on any atom is 0.120 e. The van der Waals surface area contributed by atoms with Crippen LogP contribution < -0.4 is 14.8 Å². The summed E-state index contributed by atoms with van der Waals surface area (Å²) in [5.41, 5.74) is 0.297. The van der Waals surface area contributed by atoms with Crippen LogP contribution in [0, 0.1) is 5.41 Å². The standard InChI is InChI=1S/C18H24O2.C11H25N.C10H22O2/c1-17(2,3)19-15-9-7-14-12-16(20-18(4,5)6)10-8-13(14)11-15;1-10(2,3)8-7-9-12-11(4,5)6;1-9(2,3)11-7-8-12-10(4,5)6/h7-12H,1-6H3;12H,7-9H2,1-6H3;7-8H2,1-6H3. The van der Waals surface area contributed by atoms with Gasteiger partial charge in [-0.1, -0.05) is 32.9 Å². The fraction of sp³-hybridized carbons (Fsp3) is 0.744. The molecule has 0 heterocycles. The van der Waals surface area contributed by atoms with Gasteiger partial charge in [-0.15, -0.1) is 0 Å². The summed E-state index contributed by atoms with van der Waals surface area (Å²) in [5, 5.41) is 5.81. The minimum atomic E-state index is -0.178. The summed E-state index contributed by atoms with van der Waals surface area (Å²) in [6.45, 7) is 40.6. The first-order valence-electron chi connectivity index (χ1n) is 16.5. The number of hydrogen-bond donors (Lipinski definition) is 1. The predicted molar refractivity (Wildman–Crippen MR) is 193 cm³/mol. The molecule has 2 aromatic rings. The molecule has 0 saturated carbocycles. The molecule has 0 bridgehead atoms. The Hall–Kier alpha value is -1.82. The van der Waals surface area contributed by atoms with Gasteiger partial charge in [0.25, 0.3) is 0 Å². The van der Waals surface area contributed by atoms with E-state index >= 15 is 0 Å². The Kier molecular flexibility index (Phi) is 16.5. The minimum absolute atomic E-state index is 0.0543. The summed E-state index contributed by atoms with van der Waals surface area (Å²) in [4.78, 5) is 0. The van der Waals surface area contributed by atoms with Crippen molar-refractivity contribution in [2.45, 2.75) is 165 Å². The Balaban J connectivity index is 0.000000672. The lowest BCUT2D eigenvalue weighted by atomic mass is 9.90. The quantitative estimate of drug-likeness (QED) is 0.299. The van der Waals surface area contributed by atoms with E-state index in [1.165, 1.54) is 12.8 Å². The number of ether oxygens (including phenoxy) is 4. The van der Waals surface area contributed by atoms with Gasteiger partial charge in [0.1, 0.15) is 22.7 Å². The van der Waals surface area contributed by atoms with Crippen LogP contribution in [-0.2, 0) is 9.47 Å². The normalized spacial score (nSPS) is 13.0. The number of rotatable bonds is 8. The molecule has 0 aromatic heterocycles. The van der Waals surface area contributed by atoms with Crippen LogP contribution in [0.4, 0.5) is 0 Å². The molecule has 0 unspecified atom stereocenters. The highest BCUT2D eigenvalue weighted by molar-refractivity contribution is 5.85. The zero-order valence-corrected chi connectivity index (χ0v) is 32.1. The lowest BCUT2D eigenvalue weighted by molar-refractivity contribution is -0.0719. The predicted octanol–water partition coefficient (Wildman–Crippen LogP) is 11.0. The fourth-order valence-electron chi connectivity index (χ4n) is 3.81. The van der Waals surface area contributed by atoms with Gasteiger partial charge < -0.3 is 24.3 Å². The van der Waals surface area contributed by atoms with E-state index in [4.69, 9.17) is 18.9 Å². The van der Waals surface area contributed by atoms with Crippen molar-refractivity contribution >= 4 is 10.8 Å². The summed E-state index contributed by atoms with van der Waals surface area (Å²) in [7, 11) is 0. The average molecular weight is 618 g/mol. The minimum Gasteiger partial charge on any atom is -0.488 e. The Labute approximate surface area is 273 Å². The third-order valence-electron chi connectivity index (χ3n) is 5.54. The maximum absolute atomic E-state index is 5.89. The van der Waals surface area contributed by atoms with Crippen LogP contribution in [0.1, 0.15) is 137 Å². The van der Waals surface area contributed by atoms with Crippen molar-refractivity contribution in [3.63, 3.8) is 0 Å². The van der Waals surface area contributed by atoms with Gasteiger partial charge in [-0.05, 0) is 164 Å². The summed E-state index contributed by atoms with van der Waals surface area (Å²) in [5.74, 6) is 1.80. The summed E-state index contributed by atoms with van der Waals surface area (Å²) < 4.78 is 22.8. The number of hydrogen-bond acceptors (Lipinski definition) is 5. The molecule has 2 rings (SSSR count). The first-order valence-corrected chi connectivity index (χ1v) is 16.5. The first-order chi connectivity index (χ1) is 19.5. The van der Waals surface area contributed by atoms with Crippen LogP contribution in [0.2, 0.25) is 0 Å². The molecule has 0 fully saturated rings. The second kappa shape index (κ2) is 17.2. The smallest absolute Gasteiger partial charge is 0.120 e. The zero-order valence-electron chi connectivity index (χ0n) is 32.1. The molecule has 1 N–H and O–H groups in total. The number of benzene rings is 2. The van der Waals surface area contributed by atoms with Gasteiger partial charge in [-0.2, -0.15) is 0 Å². The van der Waals surface area contributed by atoms with Crippen LogP contribution in [-0.4, -0.2) is 47.7 Å². The summed E-state index contributed by atoms with van der Waals surface area (Å²) in [6.07, 6.45) is 2.58. The third-order valence-corrected chi connectivity index (χ3v) is 5.54. The summed E-state index contributed by atoms with van der Waals surface area (Å²) >= 11 is 0. The van der Waals surface area contributed by atoms with Crippen LogP contribution in [0.5, 0.6) is 11.5 Å². The molecular weight excluding hydrogens is 546 g/mol. The van der Waals surface area contributed by atoms with E-state index in [2.05, 4.69) is 113 Å². The molecule has 0 aliphatic carbocycles. The summed E-state index contributed by atoms with van der Waals surface area (Å²) in [6, 6.07) is 12.3. The molecule has 0 aliphatic heterocycles. The fourth-order valence-corrected chi connectivity index (χ4v) is 3.81. The Morgan fingerprint density at radius 3 is 1.14 bits per heavy atom. The van der Waals surface area contributed by atoms with Gasteiger partial charge in [-0.25, -0.2) is 0 Å². The first kappa shape index (κ1) is 42.2. The van der Waals surface area contributed by atoms with E-state index in [0.29, 0.717) is 18.6 Å². The largest absolute Gasteiger partial charge is 0.488 e. The van der Waals surface area contributed by atoms with E-state index in [-0.39, 0.29) is 27.9 Å². The van der Waals surface area contributed by atoms with Crippen molar-refractivity contribution in [3.05, 3.63) is 36.4 Å². The lowest BCUT2D eigenvalue weighted by Gasteiger charge is -2.23. The number of nitrogens with one attached hydrogen (secondary N) is 1. The van der Waals surface area contributed by atoms with Gasteiger partial charge in [0.15, 0.2) is 0 Å². The molecule has 5 nitrogen and oxygen atoms in total. The Bertz CT molecular complexity index is 946. The number of fused-ring (bicyclic) bond motifs is 1. The molecule has 5 heteroatoms. The van der Waals surface area contributed by atoms with Crippen LogP contribution in [0.25, 0.3) is 10.8 Å². The maximum atomic E-state index is 5.89. The van der Waals surface area contributed by atoms with Gasteiger partial charge in [0, 0.05) is 5.54 Å². The second-order valence-corrected chi connectivity index (χ2v) is 17.9. The van der Waals surface area contributed by atoms with Crippen molar-refractivity contribution in [2.75, 3.05) is 19.8 Å². The van der Waals surface area contributed by atoms with Crippen LogP contribution >= 0.6 is 0 Å². The molecule has 0 amide bonds. The molecule has 0 aliphatic rings. The van der Waals surface area contributed by atoms with Gasteiger partial charge >= 0.3 is 0 Å². The molecule has 2 aromatic carbocycles. The van der Waals surface area contributed by atoms with E-state index < -0.39 is 0 Å². The van der Waals surface area contributed by atoms with Crippen LogP contribution in [0.15, 0.2) is 36.4 Å². The Morgan fingerprint density at radius 2 is 0.864 bits per heavy atom. The van der Waals surface area contributed by atoms with Crippen molar-refractivity contribution in [2.24, 2.45) is 5.41 Å². The molecule has 0 atom stereocenters. The van der Waals surface area contributed by atoms with Gasteiger partial charge in [-0.3, -0.25) is 0 Å². The molecular formula is C39H71NO4. The van der Waals surface area contributed by atoms with E-state index in [0.717, 1.165) is 28.8 Å². The van der Waals surface area contributed by atoms with Crippen molar-refractivity contribution in [1.29, 1.82) is 0 Å². The molecule has 0 radical (unpaired) electrons. The van der Waals surface area contributed by atoms with E-state index in [1.807, 2.05) is 53.7 Å². The third kappa shape index (κ3) is 26.6. The van der Waals surface area contributed by atoms with Crippen molar-refractivity contribution in [3.8, 4) is 11.5 Å². The highest BCUT2D eigenvalue weighted by Gasteiger charge is 2.15. The van der Waals surface area contributed by atoms with Crippen molar-refractivity contribution < 1.29 is 18.9 Å². The van der Waals surface area contributed by atoms with E-state index in [9.17, 15) is 0 Å². The van der Waals surface area contributed by atoms with Crippen molar-refractivity contribution in [1.82, 2.24) is 5.32 Å². The topological polar surface area (TPSA) is 49.0 Å². The molecule has 44 heavy (non-hydrogen) atoms. The molecule has 256 valence electrons. The SMILES string of the molecule is CC(C)(C)CCCNC(C)(C)C.CC(C)(C)OCCOC(C)(C)C.CC(C)(C)Oc1ccc2cc(OC(C)(C)C)ccc2c1. The van der Waals surface area contributed by atoms with Crippen LogP contribution in [0.3, 0.4) is 0 Å². The zero-order chi connectivity index (χ0) is 34.6. The highest BCUT2D eigenvalue weighted by Crippen LogP contribution is 2.28. The average Bonchev–Trinajstić information content (AvgIpc) is 2.76. The molecule has 0 spiro atoms. The lowest BCUT2D eigenvalue weighted by Crippen LogP contribution is -2.36.